The largest absolute Gasteiger partial charge is 0.338 e. The Labute approximate surface area is 124 Å². The lowest BCUT2D eigenvalue weighted by Crippen LogP contribution is -2.36. The molecule has 1 N–H and O–H groups in total. The smallest absolute Gasteiger partial charge is 0.222 e. The van der Waals surface area contributed by atoms with E-state index in [0.717, 1.165) is 32.5 Å². The Morgan fingerprint density at radius 2 is 2.42 bits per heavy atom. The summed E-state index contributed by atoms with van der Waals surface area (Å²) in [6.07, 6.45) is 5.26. The number of amides is 1. The van der Waals surface area contributed by atoms with E-state index in [1.54, 1.807) is 0 Å². The van der Waals surface area contributed by atoms with E-state index >= 15 is 0 Å². The molecule has 2 aliphatic rings. The molecule has 1 aromatic rings. The van der Waals surface area contributed by atoms with Crippen LogP contribution in [0.3, 0.4) is 0 Å². The van der Waals surface area contributed by atoms with Crippen LogP contribution in [0, 0.1) is 0 Å². The molecular formula is C14H21ClN2OS. The highest BCUT2D eigenvalue weighted by Crippen LogP contribution is 2.24. The zero-order valence-electron chi connectivity index (χ0n) is 11.1. The van der Waals surface area contributed by atoms with Crippen LogP contribution in [0.5, 0.6) is 0 Å². The molecule has 3 nitrogen and oxygen atoms in total. The molecular weight excluding hydrogens is 280 g/mol. The number of rotatable bonds is 3. The number of halogens is 1. The second-order valence-electron chi connectivity index (χ2n) is 5.27. The maximum atomic E-state index is 12.2. The predicted octanol–water partition coefficient (Wildman–Crippen LogP) is 2.59. The maximum Gasteiger partial charge on any atom is 0.222 e. The summed E-state index contributed by atoms with van der Waals surface area (Å²) in [7, 11) is 0. The highest BCUT2D eigenvalue weighted by Gasteiger charge is 2.22. The van der Waals surface area contributed by atoms with Crippen LogP contribution in [-0.4, -0.2) is 29.9 Å². The third-order valence-electron chi connectivity index (χ3n) is 4.03. The Bertz CT molecular complexity index is 429. The van der Waals surface area contributed by atoms with Gasteiger partial charge < -0.3 is 10.2 Å². The number of fused-ring (bicyclic) bond motifs is 1. The minimum absolute atomic E-state index is 0. The van der Waals surface area contributed by atoms with E-state index in [1.807, 2.05) is 16.2 Å². The maximum absolute atomic E-state index is 12.2. The zero-order chi connectivity index (χ0) is 12.4. The van der Waals surface area contributed by atoms with Gasteiger partial charge in [0.05, 0.1) is 0 Å². The van der Waals surface area contributed by atoms with Gasteiger partial charge in [0.25, 0.3) is 0 Å². The van der Waals surface area contributed by atoms with Gasteiger partial charge in [0.15, 0.2) is 0 Å². The van der Waals surface area contributed by atoms with Gasteiger partial charge >= 0.3 is 0 Å². The van der Waals surface area contributed by atoms with Crippen molar-refractivity contribution < 1.29 is 4.79 Å². The second kappa shape index (κ2) is 6.73. The Balaban J connectivity index is 0.00000133. The van der Waals surface area contributed by atoms with Crippen molar-refractivity contribution in [3.8, 4) is 0 Å². The second-order valence-corrected chi connectivity index (χ2v) is 6.27. The summed E-state index contributed by atoms with van der Waals surface area (Å²) in [6, 6.07) is 2.74. The number of thiophene rings is 1. The van der Waals surface area contributed by atoms with Gasteiger partial charge in [-0.1, -0.05) is 0 Å². The third kappa shape index (κ3) is 3.50. The molecule has 5 heteroatoms. The highest BCUT2D eigenvalue weighted by atomic mass is 35.5. The zero-order valence-corrected chi connectivity index (χ0v) is 12.7. The van der Waals surface area contributed by atoms with Crippen LogP contribution in [0.2, 0.25) is 0 Å². The Morgan fingerprint density at radius 1 is 1.53 bits per heavy atom. The van der Waals surface area contributed by atoms with Crippen molar-refractivity contribution in [3.63, 3.8) is 0 Å². The molecule has 1 amide bonds. The van der Waals surface area contributed by atoms with E-state index in [4.69, 9.17) is 0 Å². The molecule has 106 valence electrons. The van der Waals surface area contributed by atoms with Gasteiger partial charge in [0.1, 0.15) is 0 Å². The fourth-order valence-electron chi connectivity index (χ4n) is 2.92. The van der Waals surface area contributed by atoms with E-state index in [0.29, 0.717) is 18.4 Å². The summed E-state index contributed by atoms with van der Waals surface area (Å²) in [5.74, 6) is 0.334. The molecule has 1 atom stereocenters. The van der Waals surface area contributed by atoms with Crippen molar-refractivity contribution in [3.05, 3.63) is 21.9 Å². The van der Waals surface area contributed by atoms with Crippen molar-refractivity contribution >= 4 is 29.7 Å². The molecule has 0 aromatic carbocycles. The van der Waals surface area contributed by atoms with Gasteiger partial charge in [-0.2, -0.15) is 0 Å². The number of carbonyl (C=O) groups is 1. The van der Waals surface area contributed by atoms with Crippen LogP contribution in [0.25, 0.3) is 0 Å². The van der Waals surface area contributed by atoms with E-state index in [2.05, 4.69) is 16.8 Å². The van der Waals surface area contributed by atoms with E-state index < -0.39 is 0 Å². The van der Waals surface area contributed by atoms with Gasteiger partial charge in [-0.3, -0.25) is 4.79 Å². The quantitative estimate of drug-likeness (QED) is 0.930. The standard InChI is InChI=1S/C14H20N2OS.ClH/c17-14(4-3-12-2-1-7-15-12)16-8-5-13-11(10-16)6-9-18-13;/h6,9,12,15H,1-5,7-8,10H2;1H. The van der Waals surface area contributed by atoms with Crippen molar-refractivity contribution in [2.75, 3.05) is 13.1 Å². The summed E-state index contributed by atoms with van der Waals surface area (Å²) in [5.41, 5.74) is 1.36. The number of carbonyl (C=O) groups excluding carboxylic acids is 1. The normalized spacial score (nSPS) is 21.9. The Morgan fingerprint density at radius 3 is 3.21 bits per heavy atom. The summed E-state index contributed by atoms with van der Waals surface area (Å²) in [4.78, 5) is 15.7. The van der Waals surface area contributed by atoms with Crippen molar-refractivity contribution in [2.45, 2.75) is 44.7 Å². The highest BCUT2D eigenvalue weighted by molar-refractivity contribution is 7.10. The van der Waals surface area contributed by atoms with Crippen LogP contribution in [0.4, 0.5) is 0 Å². The van der Waals surface area contributed by atoms with E-state index in [9.17, 15) is 4.79 Å². The minimum Gasteiger partial charge on any atom is -0.338 e. The van der Waals surface area contributed by atoms with Crippen molar-refractivity contribution in [1.29, 1.82) is 0 Å². The van der Waals surface area contributed by atoms with Gasteiger partial charge in [-0.05, 0) is 49.2 Å². The van der Waals surface area contributed by atoms with Crippen LogP contribution in [0.1, 0.15) is 36.1 Å². The van der Waals surface area contributed by atoms with Gasteiger partial charge in [-0.15, -0.1) is 23.7 Å². The number of hydrogen-bond acceptors (Lipinski definition) is 3. The monoisotopic (exact) mass is 300 g/mol. The average Bonchev–Trinajstić information content (AvgIpc) is 3.05. The molecule has 2 aliphatic heterocycles. The molecule has 3 heterocycles. The summed E-state index contributed by atoms with van der Waals surface area (Å²) >= 11 is 1.82. The third-order valence-corrected chi connectivity index (χ3v) is 5.05. The fraction of sp³-hybridized carbons (Fsp3) is 0.643. The predicted molar refractivity (Wildman–Crippen MR) is 80.9 cm³/mol. The molecule has 1 saturated heterocycles. The van der Waals surface area contributed by atoms with Crippen molar-refractivity contribution in [1.82, 2.24) is 10.2 Å². The fourth-order valence-corrected chi connectivity index (χ4v) is 3.81. The summed E-state index contributed by atoms with van der Waals surface area (Å²) in [5, 5.41) is 5.60. The molecule has 0 saturated carbocycles. The molecule has 1 fully saturated rings. The number of hydrogen-bond donors (Lipinski definition) is 1. The van der Waals surface area contributed by atoms with Gasteiger partial charge in [0.2, 0.25) is 5.91 Å². The molecule has 1 unspecified atom stereocenters. The average molecular weight is 301 g/mol. The molecule has 0 aliphatic carbocycles. The van der Waals surface area contributed by atoms with E-state index in [1.165, 1.54) is 23.3 Å². The minimum atomic E-state index is 0. The molecule has 1 aromatic heterocycles. The lowest BCUT2D eigenvalue weighted by molar-refractivity contribution is -0.132. The molecule has 3 rings (SSSR count). The van der Waals surface area contributed by atoms with Crippen LogP contribution >= 0.6 is 23.7 Å². The Hall–Kier alpha value is -0.580. The summed E-state index contributed by atoms with van der Waals surface area (Å²) < 4.78 is 0. The van der Waals surface area contributed by atoms with Crippen LogP contribution in [-0.2, 0) is 17.8 Å². The first-order chi connectivity index (χ1) is 8.83. The number of nitrogens with one attached hydrogen (secondary N) is 1. The van der Waals surface area contributed by atoms with Gasteiger partial charge in [-0.25, -0.2) is 0 Å². The first-order valence-electron chi connectivity index (χ1n) is 6.89. The SMILES string of the molecule is Cl.O=C(CCC1CCCN1)N1CCc2sccc2C1. The topological polar surface area (TPSA) is 32.3 Å². The lowest BCUT2D eigenvalue weighted by Gasteiger charge is -2.27. The molecule has 0 radical (unpaired) electrons. The van der Waals surface area contributed by atoms with Gasteiger partial charge in [0, 0.05) is 30.4 Å². The Kier molecular flexibility index (Phi) is 5.25. The first kappa shape index (κ1) is 14.8. The van der Waals surface area contributed by atoms with Crippen molar-refractivity contribution in [2.24, 2.45) is 0 Å². The van der Waals surface area contributed by atoms with E-state index in [-0.39, 0.29) is 12.4 Å². The molecule has 0 spiro atoms. The van der Waals surface area contributed by atoms with Crippen LogP contribution in [0.15, 0.2) is 11.4 Å². The lowest BCUT2D eigenvalue weighted by atomic mass is 10.1. The molecule has 0 bridgehead atoms. The first-order valence-corrected chi connectivity index (χ1v) is 7.77. The summed E-state index contributed by atoms with van der Waals surface area (Å²) in [6.45, 7) is 2.86. The number of nitrogens with zero attached hydrogens (tertiary/aromatic N) is 1. The molecule has 19 heavy (non-hydrogen) atoms. The van der Waals surface area contributed by atoms with Crippen LogP contribution < -0.4 is 5.32 Å².